The summed E-state index contributed by atoms with van der Waals surface area (Å²) in [6.07, 6.45) is 5.40. The fraction of sp³-hybridized carbons (Fsp3) is 0.500. The van der Waals surface area contributed by atoms with Gasteiger partial charge in [-0.25, -0.2) is 9.97 Å². The molecule has 1 aliphatic heterocycles. The van der Waals surface area contributed by atoms with E-state index in [2.05, 4.69) is 15.3 Å². The van der Waals surface area contributed by atoms with Crippen LogP contribution in [0.3, 0.4) is 0 Å². The molecule has 2 aromatic rings. The zero-order chi connectivity index (χ0) is 17.1. The standard InChI is InChI=1S/C16H21N5O2S/c1-11-18-13(10-24-11)8-14(22)19-12-4-3-6-21(9-12)15-16(23)20(2)7-5-17-15/h5,7,10,12H,3-4,6,8-9H2,1-2H3,(H,19,22)/t12-/m1/s1. The first kappa shape index (κ1) is 16.6. The summed E-state index contributed by atoms with van der Waals surface area (Å²) >= 11 is 1.55. The summed E-state index contributed by atoms with van der Waals surface area (Å²) in [5, 5.41) is 5.94. The molecule has 128 valence electrons. The van der Waals surface area contributed by atoms with Crippen molar-refractivity contribution >= 4 is 23.1 Å². The minimum absolute atomic E-state index is 0.0256. The van der Waals surface area contributed by atoms with Crippen LogP contribution in [0.1, 0.15) is 23.5 Å². The minimum Gasteiger partial charge on any atom is -0.351 e. The van der Waals surface area contributed by atoms with Crippen LogP contribution in [0.2, 0.25) is 0 Å². The molecule has 0 radical (unpaired) electrons. The van der Waals surface area contributed by atoms with E-state index < -0.39 is 0 Å². The number of nitrogens with zero attached hydrogens (tertiary/aromatic N) is 4. The lowest BCUT2D eigenvalue weighted by Gasteiger charge is -2.33. The van der Waals surface area contributed by atoms with Gasteiger partial charge in [-0.2, -0.15) is 0 Å². The van der Waals surface area contributed by atoms with Crippen molar-refractivity contribution in [1.82, 2.24) is 19.9 Å². The summed E-state index contributed by atoms with van der Waals surface area (Å²) in [5.41, 5.74) is 0.698. The highest BCUT2D eigenvalue weighted by Crippen LogP contribution is 2.15. The van der Waals surface area contributed by atoms with Gasteiger partial charge in [-0.3, -0.25) is 9.59 Å². The second-order valence-electron chi connectivity index (χ2n) is 6.05. The number of aryl methyl sites for hydroxylation is 2. The van der Waals surface area contributed by atoms with Crippen molar-refractivity contribution in [2.45, 2.75) is 32.2 Å². The van der Waals surface area contributed by atoms with Crippen LogP contribution in [0.15, 0.2) is 22.6 Å². The Morgan fingerprint density at radius 3 is 3.08 bits per heavy atom. The summed E-state index contributed by atoms with van der Waals surface area (Å²) < 4.78 is 1.52. The van der Waals surface area contributed by atoms with Crippen molar-refractivity contribution in [2.75, 3.05) is 18.0 Å². The fourth-order valence-electron chi connectivity index (χ4n) is 2.92. The second kappa shape index (κ2) is 7.12. The predicted octanol–water partition coefficient (Wildman–Crippen LogP) is 0.873. The summed E-state index contributed by atoms with van der Waals surface area (Å²) in [5.74, 6) is 0.426. The lowest BCUT2D eigenvalue weighted by molar-refractivity contribution is -0.121. The molecule has 3 heterocycles. The summed E-state index contributed by atoms with van der Waals surface area (Å²) in [7, 11) is 1.71. The zero-order valence-electron chi connectivity index (χ0n) is 13.9. The number of thiazole rings is 1. The molecule has 1 saturated heterocycles. The monoisotopic (exact) mass is 347 g/mol. The molecule has 1 aliphatic rings. The maximum atomic E-state index is 12.2. The number of aromatic nitrogens is 3. The molecule has 0 spiro atoms. The lowest BCUT2D eigenvalue weighted by Crippen LogP contribution is -2.49. The molecule has 8 heteroatoms. The van der Waals surface area contributed by atoms with Crippen LogP contribution in [0.25, 0.3) is 0 Å². The Kier molecular flexibility index (Phi) is 4.94. The van der Waals surface area contributed by atoms with Crippen LogP contribution in [-0.2, 0) is 18.3 Å². The highest BCUT2D eigenvalue weighted by Gasteiger charge is 2.24. The minimum atomic E-state index is -0.109. The van der Waals surface area contributed by atoms with E-state index in [0.717, 1.165) is 30.1 Å². The molecule has 1 amide bonds. The molecule has 2 aromatic heterocycles. The van der Waals surface area contributed by atoms with E-state index >= 15 is 0 Å². The number of piperidine rings is 1. The van der Waals surface area contributed by atoms with Gasteiger partial charge in [0, 0.05) is 44.0 Å². The first-order valence-corrected chi connectivity index (χ1v) is 8.88. The number of carbonyl (C=O) groups is 1. The third kappa shape index (κ3) is 3.81. The summed E-state index contributed by atoms with van der Waals surface area (Å²) in [4.78, 5) is 34.9. The molecule has 0 bridgehead atoms. The zero-order valence-corrected chi connectivity index (χ0v) is 14.7. The number of hydrogen-bond acceptors (Lipinski definition) is 6. The molecule has 0 unspecified atom stereocenters. The highest BCUT2D eigenvalue weighted by atomic mass is 32.1. The Hall–Kier alpha value is -2.22. The van der Waals surface area contributed by atoms with Crippen LogP contribution in [-0.4, -0.2) is 39.6 Å². The van der Waals surface area contributed by atoms with E-state index in [0.29, 0.717) is 18.8 Å². The van der Waals surface area contributed by atoms with Gasteiger partial charge < -0.3 is 14.8 Å². The van der Waals surface area contributed by atoms with Crippen LogP contribution >= 0.6 is 11.3 Å². The fourth-order valence-corrected chi connectivity index (χ4v) is 3.53. The molecule has 0 aliphatic carbocycles. The quantitative estimate of drug-likeness (QED) is 0.888. The van der Waals surface area contributed by atoms with Crippen LogP contribution in [0, 0.1) is 6.92 Å². The smallest absolute Gasteiger partial charge is 0.293 e. The molecule has 1 N–H and O–H groups in total. The average molecular weight is 347 g/mol. The number of anilines is 1. The van der Waals surface area contributed by atoms with E-state index in [9.17, 15) is 9.59 Å². The summed E-state index contributed by atoms with van der Waals surface area (Å²) in [6.45, 7) is 3.32. The molecule has 24 heavy (non-hydrogen) atoms. The molecular formula is C16H21N5O2S. The molecule has 7 nitrogen and oxygen atoms in total. The van der Waals surface area contributed by atoms with Gasteiger partial charge in [0.15, 0.2) is 5.82 Å². The first-order chi connectivity index (χ1) is 11.5. The van der Waals surface area contributed by atoms with Crippen molar-refractivity contribution in [3.63, 3.8) is 0 Å². The largest absolute Gasteiger partial charge is 0.351 e. The Balaban J connectivity index is 1.62. The molecule has 3 rings (SSSR count). The number of hydrogen-bond donors (Lipinski definition) is 1. The Morgan fingerprint density at radius 2 is 2.33 bits per heavy atom. The third-order valence-electron chi connectivity index (χ3n) is 4.09. The van der Waals surface area contributed by atoms with Crippen molar-refractivity contribution in [3.8, 4) is 0 Å². The Morgan fingerprint density at radius 1 is 1.50 bits per heavy atom. The molecule has 0 saturated carbocycles. The van der Waals surface area contributed by atoms with Gasteiger partial charge >= 0.3 is 0 Å². The van der Waals surface area contributed by atoms with Crippen molar-refractivity contribution in [1.29, 1.82) is 0 Å². The number of carbonyl (C=O) groups excluding carboxylic acids is 1. The molecule has 0 aromatic carbocycles. The van der Waals surface area contributed by atoms with Gasteiger partial charge in [-0.15, -0.1) is 11.3 Å². The predicted molar refractivity (Wildman–Crippen MR) is 93.4 cm³/mol. The first-order valence-electron chi connectivity index (χ1n) is 8.00. The average Bonchev–Trinajstić information content (AvgIpc) is 2.95. The van der Waals surface area contributed by atoms with Gasteiger partial charge in [-0.05, 0) is 19.8 Å². The van der Waals surface area contributed by atoms with Gasteiger partial charge in [0.05, 0.1) is 17.1 Å². The van der Waals surface area contributed by atoms with E-state index in [4.69, 9.17) is 0 Å². The Labute approximate surface area is 144 Å². The molecule has 1 fully saturated rings. The molecular weight excluding hydrogens is 326 g/mol. The van der Waals surface area contributed by atoms with Crippen LogP contribution in [0.4, 0.5) is 5.82 Å². The topological polar surface area (TPSA) is 80.1 Å². The highest BCUT2D eigenvalue weighted by molar-refractivity contribution is 7.09. The second-order valence-corrected chi connectivity index (χ2v) is 7.12. The van der Waals surface area contributed by atoms with E-state index in [1.807, 2.05) is 17.2 Å². The SMILES string of the molecule is Cc1nc(CC(=O)N[C@@H]2CCCN(c3nccn(C)c3=O)C2)cs1. The van der Waals surface area contributed by atoms with E-state index in [1.54, 1.807) is 30.8 Å². The van der Waals surface area contributed by atoms with Gasteiger partial charge in [-0.1, -0.05) is 0 Å². The number of rotatable bonds is 4. The van der Waals surface area contributed by atoms with Gasteiger partial charge in [0.2, 0.25) is 5.91 Å². The number of nitrogens with one attached hydrogen (secondary N) is 1. The molecule has 1 atom stereocenters. The normalized spacial score (nSPS) is 17.8. The maximum absolute atomic E-state index is 12.2. The van der Waals surface area contributed by atoms with E-state index in [-0.39, 0.29) is 17.5 Å². The van der Waals surface area contributed by atoms with Crippen molar-refractivity contribution in [3.05, 3.63) is 38.8 Å². The van der Waals surface area contributed by atoms with E-state index in [1.165, 1.54) is 4.57 Å². The van der Waals surface area contributed by atoms with Crippen molar-refractivity contribution < 1.29 is 4.79 Å². The lowest BCUT2D eigenvalue weighted by atomic mass is 10.1. The Bertz CT molecular complexity index is 785. The maximum Gasteiger partial charge on any atom is 0.293 e. The van der Waals surface area contributed by atoms with Crippen LogP contribution < -0.4 is 15.8 Å². The van der Waals surface area contributed by atoms with Gasteiger partial charge in [0.1, 0.15) is 0 Å². The van der Waals surface area contributed by atoms with Gasteiger partial charge in [0.25, 0.3) is 5.56 Å². The third-order valence-corrected chi connectivity index (χ3v) is 4.92. The van der Waals surface area contributed by atoms with Crippen LogP contribution in [0.5, 0.6) is 0 Å². The number of amides is 1. The summed E-state index contributed by atoms with van der Waals surface area (Å²) in [6, 6.07) is 0.0256. The van der Waals surface area contributed by atoms with Crippen molar-refractivity contribution in [2.24, 2.45) is 7.05 Å².